The molecule has 1 unspecified atom stereocenters. The van der Waals surface area contributed by atoms with E-state index in [1.165, 1.54) is 37.2 Å². The van der Waals surface area contributed by atoms with Crippen molar-refractivity contribution in [2.45, 2.75) is 39.5 Å². The van der Waals surface area contributed by atoms with Crippen molar-refractivity contribution in [3.05, 3.63) is 0 Å². The van der Waals surface area contributed by atoms with Gasteiger partial charge in [0.1, 0.15) is 0 Å². The molecule has 0 bridgehead atoms. The molecule has 66 valence electrons. The first kappa shape index (κ1) is 9.44. The molecular weight excluding hydrogens is 152 g/mol. The Hall–Kier alpha value is 0.350. The Balaban J connectivity index is 1.94. The zero-order valence-corrected chi connectivity index (χ0v) is 8.62. The monoisotopic (exact) mass is 172 g/mol. The van der Waals surface area contributed by atoms with Crippen LogP contribution >= 0.6 is 11.8 Å². The first-order chi connectivity index (χ1) is 5.29. The summed E-state index contributed by atoms with van der Waals surface area (Å²) in [6.07, 6.45) is 5.87. The summed E-state index contributed by atoms with van der Waals surface area (Å²) in [6.45, 7) is 4.65. The van der Waals surface area contributed by atoms with E-state index in [1.807, 2.05) is 0 Å². The lowest BCUT2D eigenvalue weighted by Crippen LogP contribution is -1.98. The molecule has 0 radical (unpaired) electrons. The highest BCUT2D eigenvalue weighted by Gasteiger charge is 2.14. The van der Waals surface area contributed by atoms with E-state index in [9.17, 15) is 0 Å². The second-order valence-corrected chi connectivity index (χ2v) is 5.20. The fourth-order valence-corrected chi connectivity index (χ4v) is 2.96. The molecule has 1 fully saturated rings. The third kappa shape index (κ3) is 4.05. The van der Waals surface area contributed by atoms with Crippen LogP contribution in [0.4, 0.5) is 0 Å². The second-order valence-electron chi connectivity index (χ2n) is 4.05. The van der Waals surface area contributed by atoms with Gasteiger partial charge >= 0.3 is 0 Å². The summed E-state index contributed by atoms with van der Waals surface area (Å²) < 4.78 is 0. The van der Waals surface area contributed by atoms with Gasteiger partial charge in [0.05, 0.1) is 0 Å². The third-order valence-electron chi connectivity index (χ3n) is 2.42. The summed E-state index contributed by atoms with van der Waals surface area (Å²) in [6, 6.07) is 0. The lowest BCUT2D eigenvalue weighted by molar-refractivity contribution is 0.464. The maximum Gasteiger partial charge on any atom is -0.00388 e. The number of thioether (sulfide) groups is 1. The van der Waals surface area contributed by atoms with E-state index in [4.69, 9.17) is 0 Å². The smallest absolute Gasteiger partial charge is 0.00388 e. The highest BCUT2D eigenvalue weighted by atomic mass is 32.2. The zero-order valence-electron chi connectivity index (χ0n) is 7.81. The van der Waals surface area contributed by atoms with E-state index < -0.39 is 0 Å². The average molecular weight is 172 g/mol. The predicted molar refractivity (Wildman–Crippen MR) is 54.1 cm³/mol. The highest BCUT2D eigenvalue weighted by Crippen LogP contribution is 2.27. The zero-order chi connectivity index (χ0) is 8.10. The Bertz CT molecular complexity index is 93.0. The highest BCUT2D eigenvalue weighted by molar-refractivity contribution is 7.99. The van der Waals surface area contributed by atoms with Gasteiger partial charge in [-0.2, -0.15) is 11.8 Å². The molecule has 0 aromatic rings. The summed E-state index contributed by atoms with van der Waals surface area (Å²) in [7, 11) is 0. The van der Waals surface area contributed by atoms with Crippen molar-refractivity contribution >= 4 is 11.8 Å². The molecule has 0 saturated carbocycles. The molecule has 1 heteroatoms. The normalized spacial score (nSPS) is 24.8. The van der Waals surface area contributed by atoms with Crippen LogP contribution < -0.4 is 0 Å². The van der Waals surface area contributed by atoms with Gasteiger partial charge in [-0.15, -0.1) is 0 Å². The SMILES string of the molecule is CC(C)CCCC1CCSC1. The van der Waals surface area contributed by atoms with Gasteiger partial charge in [0.2, 0.25) is 0 Å². The fraction of sp³-hybridized carbons (Fsp3) is 1.00. The van der Waals surface area contributed by atoms with Crippen molar-refractivity contribution in [2.24, 2.45) is 11.8 Å². The van der Waals surface area contributed by atoms with Crippen LogP contribution in [-0.2, 0) is 0 Å². The van der Waals surface area contributed by atoms with Crippen LogP contribution in [0.25, 0.3) is 0 Å². The molecule has 1 atom stereocenters. The first-order valence-corrected chi connectivity index (χ1v) is 6.02. The second kappa shape index (κ2) is 5.08. The Morgan fingerprint density at radius 2 is 2.27 bits per heavy atom. The minimum Gasteiger partial charge on any atom is -0.162 e. The van der Waals surface area contributed by atoms with E-state index in [2.05, 4.69) is 25.6 Å². The predicted octanol–water partition coefficient (Wildman–Crippen LogP) is 3.57. The van der Waals surface area contributed by atoms with Crippen molar-refractivity contribution < 1.29 is 0 Å². The van der Waals surface area contributed by atoms with Gasteiger partial charge in [-0.05, 0) is 36.2 Å². The largest absolute Gasteiger partial charge is 0.162 e. The number of hydrogen-bond donors (Lipinski definition) is 0. The van der Waals surface area contributed by atoms with Gasteiger partial charge in [0.25, 0.3) is 0 Å². The molecule has 1 aliphatic rings. The van der Waals surface area contributed by atoms with Crippen molar-refractivity contribution in [3.63, 3.8) is 0 Å². The molecule has 1 aliphatic heterocycles. The minimum absolute atomic E-state index is 0.907. The molecule has 1 saturated heterocycles. The summed E-state index contributed by atoms with van der Waals surface area (Å²) in [5.74, 6) is 4.84. The molecule has 11 heavy (non-hydrogen) atoms. The van der Waals surface area contributed by atoms with Crippen LogP contribution in [0.2, 0.25) is 0 Å². The van der Waals surface area contributed by atoms with Crippen LogP contribution in [-0.4, -0.2) is 11.5 Å². The maximum absolute atomic E-state index is 2.32. The summed E-state index contributed by atoms with van der Waals surface area (Å²) in [4.78, 5) is 0. The first-order valence-electron chi connectivity index (χ1n) is 4.87. The van der Waals surface area contributed by atoms with E-state index in [0.29, 0.717) is 0 Å². The molecule has 0 spiro atoms. The van der Waals surface area contributed by atoms with Crippen molar-refractivity contribution in [2.75, 3.05) is 11.5 Å². The van der Waals surface area contributed by atoms with Gasteiger partial charge in [0, 0.05) is 0 Å². The fourth-order valence-electron chi connectivity index (χ4n) is 1.63. The average Bonchev–Trinajstić information content (AvgIpc) is 2.39. The summed E-state index contributed by atoms with van der Waals surface area (Å²) in [5, 5.41) is 0. The molecule has 0 amide bonds. The Morgan fingerprint density at radius 3 is 2.82 bits per heavy atom. The molecule has 1 rings (SSSR count). The van der Waals surface area contributed by atoms with Crippen molar-refractivity contribution in [1.82, 2.24) is 0 Å². The number of hydrogen-bond acceptors (Lipinski definition) is 1. The summed E-state index contributed by atoms with van der Waals surface area (Å²) >= 11 is 2.14. The van der Waals surface area contributed by atoms with Crippen LogP contribution in [0.1, 0.15) is 39.5 Å². The van der Waals surface area contributed by atoms with Crippen LogP contribution in [0.5, 0.6) is 0 Å². The topological polar surface area (TPSA) is 0 Å². The molecule has 0 N–H and O–H groups in total. The van der Waals surface area contributed by atoms with E-state index in [0.717, 1.165) is 11.8 Å². The minimum atomic E-state index is 0.907. The van der Waals surface area contributed by atoms with Gasteiger partial charge in [0.15, 0.2) is 0 Å². The Kier molecular flexibility index (Phi) is 4.36. The number of rotatable bonds is 4. The molecule has 0 aliphatic carbocycles. The molecule has 0 aromatic carbocycles. The van der Waals surface area contributed by atoms with Crippen LogP contribution in [0, 0.1) is 11.8 Å². The molecular formula is C10H20S. The van der Waals surface area contributed by atoms with Gasteiger partial charge in [-0.1, -0.05) is 26.7 Å². The lowest BCUT2D eigenvalue weighted by atomic mass is 9.98. The van der Waals surface area contributed by atoms with Gasteiger partial charge in [-0.25, -0.2) is 0 Å². The van der Waals surface area contributed by atoms with E-state index >= 15 is 0 Å². The van der Waals surface area contributed by atoms with Crippen molar-refractivity contribution in [1.29, 1.82) is 0 Å². The van der Waals surface area contributed by atoms with E-state index in [-0.39, 0.29) is 0 Å². The van der Waals surface area contributed by atoms with Gasteiger partial charge < -0.3 is 0 Å². The maximum atomic E-state index is 2.32. The van der Waals surface area contributed by atoms with Crippen LogP contribution in [0.3, 0.4) is 0 Å². The Labute approximate surface area is 75.1 Å². The van der Waals surface area contributed by atoms with Crippen LogP contribution in [0.15, 0.2) is 0 Å². The molecule has 0 aromatic heterocycles. The van der Waals surface area contributed by atoms with Crippen molar-refractivity contribution in [3.8, 4) is 0 Å². The Morgan fingerprint density at radius 1 is 1.45 bits per heavy atom. The van der Waals surface area contributed by atoms with E-state index in [1.54, 1.807) is 0 Å². The van der Waals surface area contributed by atoms with Gasteiger partial charge in [-0.3, -0.25) is 0 Å². The summed E-state index contributed by atoms with van der Waals surface area (Å²) in [5.41, 5.74) is 0. The quantitative estimate of drug-likeness (QED) is 0.625. The standard InChI is InChI=1S/C10H20S/c1-9(2)4-3-5-10-6-7-11-8-10/h9-10H,3-8H2,1-2H3. The third-order valence-corrected chi connectivity index (χ3v) is 3.65. The molecule has 0 nitrogen and oxygen atoms in total. The lowest BCUT2D eigenvalue weighted by Gasteiger charge is -2.08. The molecule has 1 heterocycles.